The highest BCUT2D eigenvalue weighted by Gasteiger charge is 2.36. The Hall–Kier alpha value is -0.940. The largest absolute Gasteiger partial charge is 0.367 e. The number of nitrogens with one attached hydrogen (secondary N) is 1. The summed E-state index contributed by atoms with van der Waals surface area (Å²) in [5.41, 5.74) is -0.408. The summed E-state index contributed by atoms with van der Waals surface area (Å²) in [5.74, 6) is 1.93. The highest BCUT2D eigenvalue weighted by molar-refractivity contribution is 5.04. The Kier molecular flexibility index (Phi) is 5.16. The van der Waals surface area contributed by atoms with Gasteiger partial charge in [0.2, 0.25) is 11.7 Å². The van der Waals surface area contributed by atoms with E-state index in [9.17, 15) is 0 Å². The monoisotopic (exact) mass is 281 g/mol. The molecule has 0 saturated carbocycles. The maximum Gasteiger partial charge on any atom is 0.244 e. The minimum Gasteiger partial charge on any atom is -0.367 e. The molecule has 2 atom stereocenters. The van der Waals surface area contributed by atoms with E-state index in [-0.39, 0.29) is 6.04 Å². The molecular weight excluding hydrogens is 254 g/mol. The van der Waals surface area contributed by atoms with E-state index >= 15 is 0 Å². The van der Waals surface area contributed by atoms with Crippen LogP contribution >= 0.6 is 0 Å². The van der Waals surface area contributed by atoms with Crippen LogP contribution < -0.4 is 5.32 Å². The third kappa shape index (κ3) is 2.88. The highest BCUT2D eigenvalue weighted by atomic mass is 16.5. The first kappa shape index (κ1) is 15.4. The first-order valence-electron chi connectivity index (χ1n) is 7.88. The van der Waals surface area contributed by atoms with Crippen molar-refractivity contribution in [2.24, 2.45) is 5.92 Å². The number of hydrogen-bond acceptors (Lipinski definition) is 5. The lowest BCUT2D eigenvalue weighted by Crippen LogP contribution is -2.33. The summed E-state index contributed by atoms with van der Waals surface area (Å²) in [6.45, 7) is 10.1. The van der Waals surface area contributed by atoms with Gasteiger partial charge in [-0.15, -0.1) is 0 Å². The van der Waals surface area contributed by atoms with E-state index in [0.29, 0.717) is 24.2 Å². The molecule has 5 heteroatoms. The fourth-order valence-electron chi connectivity index (χ4n) is 3.04. The third-order valence-electron chi connectivity index (χ3n) is 4.45. The van der Waals surface area contributed by atoms with Crippen molar-refractivity contribution >= 4 is 0 Å². The maximum atomic E-state index is 5.94. The van der Waals surface area contributed by atoms with Crippen LogP contribution in [0.25, 0.3) is 0 Å². The van der Waals surface area contributed by atoms with Gasteiger partial charge in [-0.2, -0.15) is 4.98 Å². The summed E-state index contributed by atoms with van der Waals surface area (Å²) in [5, 5.41) is 7.69. The Balaban J connectivity index is 2.22. The van der Waals surface area contributed by atoms with Gasteiger partial charge in [-0.25, -0.2) is 0 Å². The minimum atomic E-state index is -0.408. The normalized spacial score (nSPS) is 24.0. The molecule has 114 valence electrons. The van der Waals surface area contributed by atoms with Gasteiger partial charge >= 0.3 is 0 Å². The van der Waals surface area contributed by atoms with Crippen molar-refractivity contribution in [1.82, 2.24) is 15.5 Å². The lowest BCUT2D eigenvalue weighted by molar-refractivity contribution is -0.0583. The lowest BCUT2D eigenvalue weighted by Gasteiger charge is -2.28. The molecule has 1 aliphatic heterocycles. The van der Waals surface area contributed by atoms with Crippen molar-refractivity contribution in [3.63, 3.8) is 0 Å². The first-order chi connectivity index (χ1) is 9.66. The van der Waals surface area contributed by atoms with Crippen molar-refractivity contribution in [3.8, 4) is 0 Å². The summed E-state index contributed by atoms with van der Waals surface area (Å²) in [6, 6.07) is 0.179. The van der Waals surface area contributed by atoms with Gasteiger partial charge in [0.15, 0.2) is 0 Å². The summed E-state index contributed by atoms with van der Waals surface area (Å²) in [4.78, 5) is 4.65. The van der Waals surface area contributed by atoms with Gasteiger partial charge in [0.05, 0.1) is 6.04 Å². The van der Waals surface area contributed by atoms with Crippen molar-refractivity contribution in [1.29, 1.82) is 0 Å². The number of aromatic nitrogens is 2. The fourth-order valence-corrected chi connectivity index (χ4v) is 3.04. The molecule has 1 aromatic heterocycles. The minimum absolute atomic E-state index is 0.179. The number of nitrogens with zero attached hydrogens (tertiary/aromatic N) is 2. The van der Waals surface area contributed by atoms with Crippen LogP contribution in [0.3, 0.4) is 0 Å². The molecule has 1 fully saturated rings. The van der Waals surface area contributed by atoms with Crippen molar-refractivity contribution in [2.45, 2.75) is 65.0 Å². The van der Waals surface area contributed by atoms with Crippen LogP contribution in [0, 0.1) is 5.92 Å². The average molecular weight is 281 g/mol. The smallest absolute Gasteiger partial charge is 0.244 e. The van der Waals surface area contributed by atoms with Crippen molar-refractivity contribution < 1.29 is 9.26 Å². The van der Waals surface area contributed by atoms with Gasteiger partial charge < -0.3 is 14.6 Å². The van der Waals surface area contributed by atoms with E-state index in [1.54, 1.807) is 0 Å². The molecule has 1 saturated heterocycles. The SMILES string of the molecule is CCOC(CC)(CC)c1noc(C2NCCCC2C)n1. The zero-order valence-electron chi connectivity index (χ0n) is 13.1. The predicted molar refractivity (Wildman–Crippen MR) is 77.3 cm³/mol. The molecule has 1 aromatic rings. The lowest BCUT2D eigenvalue weighted by atomic mass is 9.92. The molecule has 0 amide bonds. The molecule has 0 bridgehead atoms. The second-order valence-corrected chi connectivity index (χ2v) is 5.64. The van der Waals surface area contributed by atoms with Crippen LogP contribution in [0.5, 0.6) is 0 Å². The first-order valence-corrected chi connectivity index (χ1v) is 7.88. The van der Waals surface area contributed by atoms with E-state index < -0.39 is 5.60 Å². The van der Waals surface area contributed by atoms with Crippen LogP contribution in [-0.4, -0.2) is 23.3 Å². The number of rotatable bonds is 6. The molecule has 5 nitrogen and oxygen atoms in total. The second-order valence-electron chi connectivity index (χ2n) is 5.64. The summed E-state index contributed by atoms with van der Waals surface area (Å²) in [7, 11) is 0. The van der Waals surface area contributed by atoms with Gasteiger partial charge in [0, 0.05) is 6.61 Å². The summed E-state index contributed by atoms with van der Waals surface area (Å²) in [6.07, 6.45) is 4.12. The molecule has 20 heavy (non-hydrogen) atoms. The summed E-state index contributed by atoms with van der Waals surface area (Å²) < 4.78 is 11.5. The van der Waals surface area contributed by atoms with Crippen LogP contribution in [-0.2, 0) is 10.3 Å². The van der Waals surface area contributed by atoms with Gasteiger partial charge in [-0.3, -0.25) is 0 Å². The molecule has 2 unspecified atom stereocenters. The highest BCUT2D eigenvalue weighted by Crippen LogP contribution is 2.33. The zero-order valence-corrected chi connectivity index (χ0v) is 13.1. The Labute approximate surface area is 121 Å². The number of hydrogen-bond donors (Lipinski definition) is 1. The molecule has 2 rings (SSSR count). The van der Waals surface area contributed by atoms with Crippen molar-refractivity contribution in [3.05, 3.63) is 11.7 Å². The molecule has 0 aliphatic carbocycles. The quantitative estimate of drug-likeness (QED) is 0.867. The maximum absolute atomic E-state index is 5.94. The Morgan fingerprint density at radius 2 is 2.10 bits per heavy atom. The molecule has 0 aromatic carbocycles. The molecule has 2 heterocycles. The zero-order chi connectivity index (χ0) is 14.6. The molecule has 0 spiro atoms. The standard InChI is InChI=1S/C15H27N3O2/c1-5-15(6-2,19-7-3)14-17-13(20-18-14)12-11(4)9-8-10-16-12/h11-12,16H,5-10H2,1-4H3. The molecule has 0 radical (unpaired) electrons. The van der Waals surface area contributed by atoms with Crippen LogP contribution in [0.4, 0.5) is 0 Å². The van der Waals surface area contributed by atoms with Gasteiger partial charge in [0.1, 0.15) is 5.60 Å². The average Bonchev–Trinajstić information content (AvgIpc) is 2.95. The predicted octanol–water partition coefficient (Wildman–Crippen LogP) is 3.18. The van der Waals surface area contributed by atoms with Gasteiger partial charge in [-0.1, -0.05) is 25.9 Å². The number of ether oxygens (including phenoxy) is 1. The van der Waals surface area contributed by atoms with E-state index in [4.69, 9.17) is 9.26 Å². The Morgan fingerprint density at radius 1 is 1.35 bits per heavy atom. The van der Waals surface area contributed by atoms with Crippen LogP contribution in [0.15, 0.2) is 4.52 Å². The third-order valence-corrected chi connectivity index (χ3v) is 4.45. The van der Waals surface area contributed by atoms with E-state index in [1.165, 1.54) is 12.8 Å². The van der Waals surface area contributed by atoms with Crippen molar-refractivity contribution in [2.75, 3.05) is 13.2 Å². The molecular formula is C15H27N3O2. The van der Waals surface area contributed by atoms with Crippen LogP contribution in [0.2, 0.25) is 0 Å². The van der Waals surface area contributed by atoms with E-state index in [2.05, 4.69) is 36.2 Å². The van der Waals surface area contributed by atoms with Gasteiger partial charge in [-0.05, 0) is 45.1 Å². The number of piperidine rings is 1. The molecule has 1 N–H and O–H groups in total. The van der Waals surface area contributed by atoms with E-state index in [1.807, 2.05) is 6.92 Å². The topological polar surface area (TPSA) is 60.2 Å². The fraction of sp³-hybridized carbons (Fsp3) is 0.867. The Bertz CT molecular complexity index is 415. The van der Waals surface area contributed by atoms with Gasteiger partial charge in [0.25, 0.3) is 0 Å². The molecule has 1 aliphatic rings. The second kappa shape index (κ2) is 6.68. The van der Waals surface area contributed by atoms with Crippen LogP contribution in [0.1, 0.15) is 71.1 Å². The van der Waals surface area contributed by atoms with E-state index in [0.717, 1.165) is 19.4 Å². The summed E-state index contributed by atoms with van der Waals surface area (Å²) >= 11 is 0. The Morgan fingerprint density at radius 3 is 2.70 bits per heavy atom.